The van der Waals surface area contributed by atoms with E-state index < -0.39 is 6.36 Å². The average molecular weight is 328 g/mol. The molecule has 0 aliphatic carbocycles. The van der Waals surface area contributed by atoms with Crippen molar-refractivity contribution in [3.63, 3.8) is 0 Å². The average Bonchev–Trinajstić information content (AvgIpc) is 3.01. The summed E-state index contributed by atoms with van der Waals surface area (Å²) < 4.78 is 40.8. The molecule has 2 heterocycles. The lowest BCUT2D eigenvalue weighted by Gasteiger charge is -2.35. The van der Waals surface area contributed by atoms with Gasteiger partial charge in [-0.25, -0.2) is 0 Å². The maximum absolute atomic E-state index is 12.3. The maximum Gasteiger partial charge on any atom is 0.573 e. The van der Waals surface area contributed by atoms with E-state index in [2.05, 4.69) is 15.0 Å². The first kappa shape index (κ1) is 16.6. The predicted octanol–water partition coefficient (Wildman–Crippen LogP) is 3.55. The van der Waals surface area contributed by atoms with Crippen LogP contribution in [-0.2, 0) is 6.54 Å². The Hall–Kier alpha value is -1.27. The van der Waals surface area contributed by atoms with Gasteiger partial charge >= 0.3 is 6.36 Å². The van der Waals surface area contributed by atoms with Crippen LogP contribution in [-0.4, -0.2) is 36.9 Å². The largest absolute Gasteiger partial charge is 0.573 e. The van der Waals surface area contributed by atoms with Gasteiger partial charge in [-0.1, -0.05) is 12.1 Å². The Morgan fingerprint density at radius 2 is 1.96 bits per heavy atom. The summed E-state index contributed by atoms with van der Waals surface area (Å²) in [6, 6.07) is 6.97. The van der Waals surface area contributed by atoms with Crippen LogP contribution in [0.3, 0.4) is 0 Å². The minimum Gasteiger partial charge on any atom is -0.406 e. The SMILES string of the molecule is FC(F)(F)Oc1cccc(CN2CCC(C3CCCN3)CC2)c1. The quantitative estimate of drug-likeness (QED) is 0.915. The van der Waals surface area contributed by atoms with E-state index >= 15 is 0 Å². The van der Waals surface area contributed by atoms with Gasteiger partial charge in [-0.05, 0) is 68.9 Å². The van der Waals surface area contributed by atoms with Gasteiger partial charge in [0.05, 0.1) is 0 Å². The number of nitrogens with zero attached hydrogens (tertiary/aromatic N) is 1. The van der Waals surface area contributed by atoms with Crippen molar-refractivity contribution in [2.45, 2.75) is 44.6 Å². The van der Waals surface area contributed by atoms with Gasteiger partial charge in [0.1, 0.15) is 5.75 Å². The molecule has 1 unspecified atom stereocenters. The third kappa shape index (κ3) is 4.85. The van der Waals surface area contributed by atoms with E-state index in [9.17, 15) is 13.2 Å². The summed E-state index contributed by atoms with van der Waals surface area (Å²) in [6.45, 7) is 3.83. The molecule has 0 spiro atoms. The third-order valence-electron chi connectivity index (χ3n) is 4.84. The van der Waals surface area contributed by atoms with E-state index in [-0.39, 0.29) is 5.75 Å². The summed E-state index contributed by atoms with van der Waals surface area (Å²) in [5, 5.41) is 3.58. The van der Waals surface area contributed by atoms with Gasteiger partial charge in [0, 0.05) is 12.6 Å². The number of benzene rings is 1. The first-order valence-electron chi connectivity index (χ1n) is 8.30. The Morgan fingerprint density at radius 1 is 1.17 bits per heavy atom. The van der Waals surface area contributed by atoms with Crippen molar-refractivity contribution in [3.05, 3.63) is 29.8 Å². The van der Waals surface area contributed by atoms with Crippen LogP contribution in [0.5, 0.6) is 5.75 Å². The van der Waals surface area contributed by atoms with Crippen LogP contribution >= 0.6 is 0 Å². The minimum atomic E-state index is -4.63. The maximum atomic E-state index is 12.3. The van der Waals surface area contributed by atoms with Crippen LogP contribution in [0.15, 0.2) is 24.3 Å². The van der Waals surface area contributed by atoms with Crippen LogP contribution in [0.4, 0.5) is 13.2 Å². The highest BCUT2D eigenvalue weighted by atomic mass is 19.4. The number of alkyl halides is 3. The monoisotopic (exact) mass is 328 g/mol. The molecule has 0 amide bonds. The smallest absolute Gasteiger partial charge is 0.406 e. The first-order valence-corrected chi connectivity index (χ1v) is 8.30. The van der Waals surface area contributed by atoms with Crippen molar-refractivity contribution in [2.75, 3.05) is 19.6 Å². The van der Waals surface area contributed by atoms with Crippen LogP contribution < -0.4 is 10.1 Å². The summed E-state index contributed by atoms with van der Waals surface area (Å²) in [4.78, 5) is 2.32. The molecule has 1 atom stereocenters. The Morgan fingerprint density at radius 3 is 2.61 bits per heavy atom. The van der Waals surface area contributed by atoms with Gasteiger partial charge < -0.3 is 10.1 Å². The molecule has 2 saturated heterocycles. The number of rotatable bonds is 4. The predicted molar refractivity (Wildman–Crippen MR) is 82.2 cm³/mol. The molecule has 0 radical (unpaired) electrons. The molecular formula is C17H23F3N2O. The molecule has 0 aromatic heterocycles. The fourth-order valence-electron chi connectivity index (χ4n) is 3.73. The van der Waals surface area contributed by atoms with Crippen LogP contribution in [0, 0.1) is 5.92 Å². The van der Waals surface area contributed by atoms with Gasteiger partial charge in [-0.15, -0.1) is 13.2 Å². The second-order valence-corrected chi connectivity index (χ2v) is 6.51. The second kappa shape index (κ2) is 7.09. The topological polar surface area (TPSA) is 24.5 Å². The number of hydrogen-bond donors (Lipinski definition) is 1. The zero-order valence-electron chi connectivity index (χ0n) is 13.1. The molecule has 0 bridgehead atoms. The molecule has 6 heteroatoms. The van der Waals surface area contributed by atoms with E-state index in [1.807, 2.05) is 6.07 Å². The van der Waals surface area contributed by atoms with Gasteiger partial charge in [-0.2, -0.15) is 0 Å². The number of nitrogens with one attached hydrogen (secondary N) is 1. The van der Waals surface area contributed by atoms with Crippen molar-refractivity contribution in [1.82, 2.24) is 10.2 Å². The lowest BCUT2D eigenvalue weighted by atomic mass is 9.88. The summed E-state index contributed by atoms with van der Waals surface area (Å²) in [5.74, 6) is 0.605. The Bertz CT molecular complexity index is 507. The molecule has 23 heavy (non-hydrogen) atoms. The van der Waals surface area contributed by atoms with E-state index in [0.717, 1.165) is 44.0 Å². The number of hydrogen-bond acceptors (Lipinski definition) is 3. The molecule has 3 nitrogen and oxygen atoms in total. The highest BCUT2D eigenvalue weighted by Crippen LogP contribution is 2.27. The van der Waals surface area contributed by atoms with Crippen molar-refractivity contribution in [2.24, 2.45) is 5.92 Å². The number of likely N-dealkylation sites (tertiary alicyclic amines) is 1. The molecule has 1 aromatic rings. The van der Waals surface area contributed by atoms with E-state index in [0.29, 0.717) is 12.6 Å². The Balaban J connectivity index is 1.51. The standard InChI is InChI=1S/C17H23F3N2O/c18-17(19,20)23-15-4-1-3-13(11-15)12-22-9-6-14(7-10-22)16-5-2-8-21-16/h1,3-4,11,14,16,21H,2,5-10,12H2. The number of piperidine rings is 1. The van der Waals surface area contributed by atoms with Crippen LogP contribution in [0.25, 0.3) is 0 Å². The van der Waals surface area contributed by atoms with Crippen molar-refractivity contribution >= 4 is 0 Å². The van der Waals surface area contributed by atoms with Crippen molar-refractivity contribution in [1.29, 1.82) is 0 Å². The molecular weight excluding hydrogens is 305 g/mol. The highest BCUT2D eigenvalue weighted by molar-refractivity contribution is 5.28. The minimum absolute atomic E-state index is 0.139. The lowest BCUT2D eigenvalue weighted by molar-refractivity contribution is -0.274. The van der Waals surface area contributed by atoms with E-state index in [1.54, 1.807) is 6.07 Å². The van der Waals surface area contributed by atoms with Gasteiger partial charge in [0.25, 0.3) is 0 Å². The Kier molecular flexibility index (Phi) is 5.11. The molecule has 1 N–H and O–H groups in total. The molecule has 3 rings (SSSR count). The molecule has 128 valence electrons. The van der Waals surface area contributed by atoms with Gasteiger partial charge in [0.2, 0.25) is 0 Å². The fraction of sp³-hybridized carbons (Fsp3) is 0.647. The van der Waals surface area contributed by atoms with Crippen LogP contribution in [0.1, 0.15) is 31.2 Å². The van der Waals surface area contributed by atoms with Gasteiger partial charge in [-0.3, -0.25) is 4.90 Å². The Labute approximate surface area is 134 Å². The molecule has 0 saturated carbocycles. The first-order chi connectivity index (χ1) is 11.0. The fourth-order valence-corrected chi connectivity index (χ4v) is 3.73. The molecule has 2 fully saturated rings. The summed E-state index contributed by atoms with van der Waals surface area (Å²) in [6.07, 6.45) is 0.246. The molecule has 1 aromatic carbocycles. The summed E-state index contributed by atoms with van der Waals surface area (Å²) in [5.41, 5.74) is 0.865. The van der Waals surface area contributed by atoms with Crippen molar-refractivity contribution < 1.29 is 17.9 Å². The van der Waals surface area contributed by atoms with E-state index in [4.69, 9.17) is 0 Å². The van der Waals surface area contributed by atoms with Crippen LogP contribution in [0.2, 0.25) is 0 Å². The second-order valence-electron chi connectivity index (χ2n) is 6.51. The lowest BCUT2D eigenvalue weighted by Crippen LogP contribution is -2.40. The van der Waals surface area contributed by atoms with Gasteiger partial charge in [0.15, 0.2) is 0 Å². The zero-order valence-corrected chi connectivity index (χ0v) is 13.1. The molecule has 2 aliphatic heterocycles. The van der Waals surface area contributed by atoms with E-state index in [1.165, 1.54) is 25.0 Å². The summed E-state index contributed by atoms with van der Waals surface area (Å²) >= 11 is 0. The van der Waals surface area contributed by atoms with Crippen molar-refractivity contribution in [3.8, 4) is 5.75 Å². The molecule has 2 aliphatic rings. The summed E-state index contributed by atoms with van der Waals surface area (Å²) in [7, 11) is 0. The number of ether oxygens (including phenoxy) is 1. The third-order valence-corrected chi connectivity index (χ3v) is 4.84. The normalized spacial score (nSPS) is 24.0. The highest BCUT2D eigenvalue weighted by Gasteiger charge is 2.31. The zero-order chi connectivity index (χ0) is 16.3. The number of halogens is 3.